The fraction of sp³-hybridized carbons (Fsp3) is 0.600. The topological polar surface area (TPSA) is 58.2 Å². The van der Waals surface area contributed by atoms with Gasteiger partial charge in [-0.05, 0) is 24.6 Å². The maximum Gasteiger partial charge on any atom is 0.203 e. The number of hydrogen-bond acceptors (Lipinski definition) is 6. The predicted molar refractivity (Wildman–Crippen MR) is 80.3 cm³/mol. The van der Waals surface area contributed by atoms with Crippen molar-refractivity contribution in [3.05, 3.63) is 17.7 Å². The monoisotopic (exact) mass is 299 g/mol. The largest absolute Gasteiger partial charge is 0.493 e. The Labute approximate surface area is 126 Å². The second-order valence-electron chi connectivity index (χ2n) is 4.49. The Morgan fingerprint density at radius 2 is 1.43 bits per heavy atom. The van der Waals surface area contributed by atoms with E-state index in [0.29, 0.717) is 23.8 Å². The third kappa shape index (κ3) is 4.49. The van der Waals surface area contributed by atoms with Crippen LogP contribution >= 0.6 is 0 Å². The summed E-state index contributed by atoms with van der Waals surface area (Å²) in [4.78, 5) is 0. The smallest absolute Gasteiger partial charge is 0.203 e. The number of rotatable bonds is 9. The van der Waals surface area contributed by atoms with E-state index in [1.807, 2.05) is 19.1 Å². The van der Waals surface area contributed by atoms with Crippen molar-refractivity contribution < 1.29 is 23.7 Å². The van der Waals surface area contributed by atoms with Crippen LogP contribution in [0.4, 0.5) is 0 Å². The standard InChI is InChI=1S/C15H25NO5/c1-10(16-9-14(19-4)20-5)11-7-12(17-2)15(21-6)13(8-11)18-3/h7-8,10,14,16H,9H2,1-6H3. The summed E-state index contributed by atoms with van der Waals surface area (Å²) in [5.41, 5.74) is 1.02. The first kappa shape index (κ1) is 17.6. The van der Waals surface area contributed by atoms with Crippen LogP contribution in [0.1, 0.15) is 18.5 Å². The molecule has 1 aromatic rings. The van der Waals surface area contributed by atoms with E-state index in [0.717, 1.165) is 5.56 Å². The predicted octanol–water partition coefficient (Wildman–Crippen LogP) is 1.98. The van der Waals surface area contributed by atoms with Gasteiger partial charge in [0.05, 0.1) is 21.3 Å². The Morgan fingerprint density at radius 1 is 0.905 bits per heavy atom. The molecule has 1 atom stereocenters. The molecule has 0 heterocycles. The van der Waals surface area contributed by atoms with E-state index >= 15 is 0 Å². The van der Waals surface area contributed by atoms with Crippen molar-refractivity contribution in [3.8, 4) is 17.2 Å². The molecule has 0 bridgehead atoms. The van der Waals surface area contributed by atoms with E-state index in [2.05, 4.69) is 5.32 Å². The van der Waals surface area contributed by atoms with Crippen LogP contribution in [0.2, 0.25) is 0 Å². The van der Waals surface area contributed by atoms with Gasteiger partial charge in [-0.25, -0.2) is 0 Å². The van der Waals surface area contributed by atoms with Gasteiger partial charge >= 0.3 is 0 Å². The molecule has 0 fully saturated rings. The molecule has 6 nitrogen and oxygen atoms in total. The van der Waals surface area contributed by atoms with Crippen molar-refractivity contribution in [1.82, 2.24) is 5.32 Å². The summed E-state index contributed by atoms with van der Waals surface area (Å²) in [6.45, 7) is 2.62. The van der Waals surface area contributed by atoms with Crippen LogP contribution in [-0.4, -0.2) is 48.4 Å². The van der Waals surface area contributed by atoms with Gasteiger partial charge < -0.3 is 29.0 Å². The van der Waals surface area contributed by atoms with Gasteiger partial charge in [0.1, 0.15) is 0 Å². The minimum atomic E-state index is -0.283. The maximum absolute atomic E-state index is 5.36. The number of benzene rings is 1. The summed E-state index contributed by atoms with van der Waals surface area (Å²) in [6, 6.07) is 3.92. The minimum Gasteiger partial charge on any atom is -0.493 e. The zero-order chi connectivity index (χ0) is 15.8. The molecular weight excluding hydrogens is 274 g/mol. The van der Waals surface area contributed by atoms with Crippen molar-refractivity contribution >= 4 is 0 Å². The summed E-state index contributed by atoms with van der Waals surface area (Å²) >= 11 is 0. The van der Waals surface area contributed by atoms with Crippen molar-refractivity contribution in [2.45, 2.75) is 19.3 Å². The SMILES string of the molecule is COc1cc(C(C)NCC(OC)OC)cc(OC)c1OC. The highest BCUT2D eigenvalue weighted by Gasteiger charge is 2.17. The molecule has 1 rings (SSSR count). The van der Waals surface area contributed by atoms with Gasteiger partial charge in [-0.2, -0.15) is 0 Å². The van der Waals surface area contributed by atoms with Crippen LogP contribution < -0.4 is 19.5 Å². The maximum atomic E-state index is 5.36. The molecule has 21 heavy (non-hydrogen) atoms. The van der Waals surface area contributed by atoms with Crippen LogP contribution in [0.5, 0.6) is 17.2 Å². The van der Waals surface area contributed by atoms with Crippen LogP contribution in [-0.2, 0) is 9.47 Å². The van der Waals surface area contributed by atoms with E-state index in [4.69, 9.17) is 23.7 Å². The number of ether oxygens (including phenoxy) is 5. The van der Waals surface area contributed by atoms with Crippen LogP contribution in [0, 0.1) is 0 Å². The van der Waals surface area contributed by atoms with Gasteiger partial charge in [0.15, 0.2) is 17.8 Å². The summed E-state index contributed by atoms with van der Waals surface area (Å²) in [7, 11) is 8.01. The molecule has 0 saturated heterocycles. The van der Waals surface area contributed by atoms with E-state index in [-0.39, 0.29) is 12.3 Å². The van der Waals surface area contributed by atoms with Gasteiger partial charge in [-0.15, -0.1) is 0 Å². The van der Waals surface area contributed by atoms with Gasteiger partial charge in [-0.1, -0.05) is 0 Å². The van der Waals surface area contributed by atoms with Gasteiger partial charge in [0, 0.05) is 26.8 Å². The lowest BCUT2D eigenvalue weighted by atomic mass is 10.1. The highest BCUT2D eigenvalue weighted by atomic mass is 16.7. The van der Waals surface area contributed by atoms with E-state index in [1.54, 1.807) is 35.5 Å². The normalized spacial score (nSPS) is 12.3. The lowest BCUT2D eigenvalue weighted by Crippen LogP contribution is -2.31. The quantitative estimate of drug-likeness (QED) is 0.704. The first-order valence-electron chi connectivity index (χ1n) is 6.70. The second kappa shape index (κ2) is 8.71. The fourth-order valence-electron chi connectivity index (χ4n) is 2.01. The van der Waals surface area contributed by atoms with Crippen LogP contribution in [0.15, 0.2) is 12.1 Å². The molecule has 1 unspecified atom stereocenters. The Kier molecular flexibility index (Phi) is 7.28. The van der Waals surface area contributed by atoms with Gasteiger partial charge in [0.25, 0.3) is 0 Å². The van der Waals surface area contributed by atoms with Crippen molar-refractivity contribution in [3.63, 3.8) is 0 Å². The lowest BCUT2D eigenvalue weighted by Gasteiger charge is -2.21. The van der Waals surface area contributed by atoms with E-state index in [1.165, 1.54) is 0 Å². The molecule has 0 aliphatic rings. The second-order valence-corrected chi connectivity index (χ2v) is 4.49. The third-order valence-electron chi connectivity index (χ3n) is 3.30. The summed E-state index contributed by atoms with van der Waals surface area (Å²) in [6.07, 6.45) is -0.283. The van der Waals surface area contributed by atoms with Crippen LogP contribution in [0.25, 0.3) is 0 Å². The number of methoxy groups -OCH3 is 5. The Bertz CT molecular complexity index is 409. The molecule has 0 aromatic heterocycles. The molecule has 6 heteroatoms. The highest BCUT2D eigenvalue weighted by molar-refractivity contribution is 5.54. The number of hydrogen-bond donors (Lipinski definition) is 1. The lowest BCUT2D eigenvalue weighted by molar-refractivity contribution is -0.0997. The van der Waals surface area contributed by atoms with Crippen molar-refractivity contribution in [2.24, 2.45) is 0 Å². The zero-order valence-electron chi connectivity index (χ0n) is 13.6. The first-order valence-corrected chi connectivity index (χ1v) is 6.70. The fourth-order valence-corrected chi connectivity index (χ4v) is 2.01. The molecule has 1 N–H and O–H groups in total. The Hall–Kier alpha value is -1.50. The highest BCUT2D eigenvalue weighted by Crippen LogP contribution is 2.39. The molecule has 0 amide bonds. The molecule has 0 saturated carbocycles. The average Bonchev–Trinajstić information content (AvgIpc) is 2.53. The van der Waals surface area contributed by atoms with Crippen molar-refractivity contribution in [1.29, 1.82) is 0 Å². The van der Waals surface area contributed by atoms with E-state index in [9.17, 15) is 0 Å². The van der Waals surface area contributed by atoms with Crippen LogP contribution in [0.3, 0.4) is 0 Å². The molecular formula is C15H25NO5. The summed E-state index contributed by atoms with van der Waals surface area (Å²) in [5.74, 6) is 1.86. The molecule has 0 aliphatic heterocycles. The average molecular weight is 299 g/mol. The minimum absolute atomic E-state index is 0.0755. The van der Waals surface area contributed by atoms with Gasteiger partial charge in [-0.3, -0.25) is 0 Å². The first-order chi connectivity index (χ1) is 10.1. The summed E-state index contributed by atoms with van der Waals surface area (Å²) < 4.78 is 26.3. The Morgan fingerprint density at radius 3 is 1.81 bits per heavy atom. The molecule has 120 valence electrons. The van der Waals surface area contributed by atoms with Crippen molar-refractivity contribution in [2.75, 3.05) is 42.1 Å². The van der Waals surface area contributed by atoms with E-state index < -0.39 is 0 Å². The molecule has 0 radical (unpaired) electrons. The third-order valence-corrected chi connectivity index (χ3v) is 3.30. The number of nitrogens with one attached hydrogen (secondary N) is 1. The summed E-state index contributed by atoms with van der Waals surface area (Å²) in [5, 5.41) is 3.34. The van der Waals surface area contributed by atoms with Gasteiger partial charge in [0.2, 0.25) is 5.75 Å². The molecule has 0 spiro atoms. The zero-order valence-corrected chi connectivity index (χ0v) is 13.6. The molecule has 0 aliphatic carbocycles. The molecule has 1 aromatic carbocycles. The Balaban J connectivity index is 2.91.